The SMILES string of the molecule is CCCCOC(=O)C1(N)S[C@@H]2CC(=O)N2CC1(CCl)C(=O)OC(c1ccccc1)c1ccccc1. The van der Waals surface area contributed by atoms with Gasteiger partial charge in [0.25, 0.3) is 0 Å². The molecule has 0 aromatic heterocycles. The van der Waals surface area contributed by atoms with Gasteiger partial charge in [-0.2, -0.15) is 0 Å². The van der Waals surface area contributed by atoms with E-state index in [-0.39, 0.29) is 36.7 Å². The Morgan fingerprint density at radius 2 is 1.71 bits per heavy atom. The molecular formula is C26H29ClN2O5S. The van der Waals surface area contributed by atoms with E-state index in [0.29, 0.717) is 6.42 Å². The van der Waals surface area contributed by atoms with E-state index in [1.54, 1.807) is 4.90 Å². The number of hydrogen-bond donors (Lipinski definition) is 1. The molecule has 0 radical (unpaired) electrons. The first-order valence-electron chi connectivity index (χ1n) is 11.7. The average molecular weight is 517 g/mol. The summed E-state index contributed by atoms with van der Waals surface area (Å²) in [5, 5.41) is -0.311. The number of β-lactam (4-membered cyclic amide) rings is 1. The molecule has 0 aliphatic carbocycles. The number of halogens is 1. The molecule has 2 aliphatic rings. The van der Waals surface area contributed by atoms with Crippen molar-refractivity contribution in [2.24, 2.45) is 11.1 Å². The molecule has 2 heterocycles. The molecule has 2 unspecified atom stereocenters. The number of carbonyl (C=O) groups excluding carboxylic acids is 3. The van der Waals surface area contributed by atoms with Crippen LogP contribution in [0.25, 0.3) is 0 Å². The fourth-order valence-corrected chi connectivity index (χ4v) is 6.39. The van der Waals surface area contributed by atoms with Crippen LogP contribution >= 0.6 is 23.4 Å². The number of rotatable bonds is 9. The number of thioether (sulfide) groups is 1. The van der Waals surface area contributed by atoms with Crippen LogP contribution in [0.15, 0.2) is 60.7 Å². The number of fused-ring (bicyclic) bond motifs is 1. The van der Waals surface area contributed by atoms with Gasteiger partial charge in [0.15, 0.2) is 11.0 Å². The Kier molecular flexibility index (Phi) is 7.73. The molecule has 0 bridgehead atoms. The number of amides is 1. The summed E-state index contributed by atoms with van der Waals surface area (Å²) >= 11 is 7.50. The zero-order valence-electron chi connectivity index (χ0n) is 19.5. The number of unbranched alkanes of at least 4 members (excludes halogenated alkanes) is 1. The molecule has 0 saturated carbocycles. The molecule has 3 atom stereocenters. The lowest BCUT2D eigenvalue weighted by atomic mass is 9.79. The molecule has 9 heteroatoms. The molecule has 2 aliphatic heterocycles. The van der Waals surface area contributed by atoms with Gasteiger partial charge in [-0.1, -0.05) is 74.0 Å². The highest BCUT2D eigenvalue weighted by atomic mass is 35.5. The maximum Gasteiger partial charge on any atom is 0.338 e. The quantitative estimate of drug-likeness (QED) is 0.234. The number of nitrogens with zero attached hydrogens (tertiary/aromatic N) is 1. The molecule has 2 saturated heterocycles. The normalized spacial score (nSPS) is 25.5. The lowest BCUT2D eigenvalue weighted by Crippen LogP contribution is -2.75. The van der Waals surface area contributed by atoms with Crippen molar-refractivity contribution in [3.05, 3.63) is 71.8 Å². The van der Waals surface area contributed by atoms with Gasteiger partial charge in [-0.25, -0.2) is 4.79 Å². The maximum atomic E-state index is 14.0. The van der Waals surface area contributed by atoms with E-state index in [0.717, 1.165) is 29.3 Å². The Balaban J connectivity index is 1.71. The minimum atomic E-state index is -1.81. The third kappa shape index (κ3) is 4.67. The highest BCUT2D eigenvalue weighted by Crippen LogP contribution is 2.53. The van der Waals surface area contributed by atoms with Gasteiger partial charge >= 0.3 is 11.9 Å². The molecule has 2 aromatic rings. The first-order valence-corrected chi connectivity index (χ1v) is 13.1. The Morgan fingerprint density at radius 3 is 2.23 bits per heavy atom. The van der Waals surface area contributed by atoms with Crippen LogP contribution in [-0.2, 0) is 23.9 Å². The van der Waals surface area contributed by atoms with Crippen molar-refractivity contribution >= 4 is 41.2 Å². The first-order chi connectivity index (χ1) is 16.9. The van der Waals surface area contributed by atoms with Crippen LogP contribution < -0.4 is 5.73 Å². The van der Waals surface area contributed by atoms with E-state index in [1.807, 2.05) is 67.6 Å². The third-order valence-electron chi connectivity index (χ3n) is 6.57. The zero-order valence-corrected chi connectivity index (χ0v) is 21.1. The fraction of sp³-hybridized carbons (Fsp3) is 0.423. The molecule has 7 nitrogen and oxygen atoms in total. The van der Waals surface area contributed by atoms with Crippen LogP contribution in [0.1, 0.15) is 43.4 Å². The van der Waals surface area contributed by atoms with Crippen LogP contribution in [0.4, 0.5) is 0 Å². The van der Waals surface area contributed by atoms with Crippen LogP contribution in [0.5, 0.6) is 0 Å². The van der Waals surface area contributed by atoms with E-state index >= 15 is 0 Å². The molecule has 1 amide bonds. The van der Waals surface area contributed by atoms with Gasteiger partial charge in [0.1, 0.15) is 5.41 Å². The van der Waals surface area contributed by atoms with Crippen molar-refractivity contribution in [3.63, 3.8) is 0 Å². The van der Waals surface area contributed by atoms with Gasteiger partial charge in [0, 0.05) is 12.4 Å². The number of esters is 2. The van der Waals surface area contributed by atoms with Gasteiger partial charge in [-0.15, -0.1) is 23.4 Å². The third-order valence-corrected chi connectivity index (χ3v) is 8.65. The second kappa shape index (κ2) is 10.6. The number of alkyl halides is 1. The van der Waals surface area contributed by atoms with E-state index in [9.17, 15) is 14.4 Å². The van der Waals surface area contributed by atoms with Crippen LogP contribution in [0.2, 0.25) is 0 Å². The zero-order chi connectivity index (χ0) is 25.1. The van der Waals surface area contributed by atoms with Gasteiger partial charge in [-0.05, 0) is 17.5 Å². The molecule has 35 heavy (non-hydrogen) atoms. The van der Waals surface area contributed by atoms with E-state index < -0.39 is 28.3 Å². The molecule has 2 N–H and O–H groups in total. The predicted octanol–water partition coefficient (Wildman–Crippen LogP) is 3.85. The molecule has 186 valence electrons. The monoisotopic (exact) mass is 516 g/mol. The van der Waals surface area contributed by atoms with Crippen molar-refractivity contribution in [3.8, 4) is 0 Å². The van der Waals surface area contributed by atoms with Gasteiger partial charge in [0.2, 0.25) is 5.91 Å². The summed E-state index contributed by atoms with van der Waals surface area (Å²) in [5.74, 6) is -1.89. The summed E-state index contributed by atoms with van der Waals surface area (Å²) in [7, 11) is 0. The molecular weight excluding hydrogens is 488 g/mol. The van der Waals surface area contributed by atoms with Crippen LogP contribution in [0.3, 0.4) is 0 Å². The number of ether oxygens (including phenoxy) is 2. The van der Waals surface area contributed by atoms with Crippen LogP contribution in [0, 0.1) is 5.41 Å². The second-order valence-corrected chi connectivity index (χ2v) is 10.5. The predicted molar refractivity (Wildman–Crippen MR) is 134 cm³/mol. The maximum absolute atomic E-state index is 14.0. The Hall–Kier alpha value is -2.55. The van der Waals surface area contributed by atoms with E-state index in [4.69, 9.17) is 26.8 Å². The molecule has 2 fully saturated rings. The van der Waals surface area contributed by atoms with Crippen molar-refractivity contribution in [2.75, 3.05) is 19.0 Å². The van der Waals surface area contributed by atoms with Crippen molar-refractivity contribution in [2.45, 2.75) is 42.5 Å². The minimum absolute atomic E-state index is 0.110. The topological polar surface area (TPSA) is 98.9 Å². The summed E-state index contributed by atoms with van der Waals surface area (Å²) in [6.07, 6.45) is 1.00. The number of nitrogens with two attached hydrogens (primary N) is 1. The number of carbonyl (C=O) groups is 3. The molecule has 4 rings (SSSR count). The number of hydrogen-bond acceptors (Lipinski definition) is 7. The van der Waals surface area contributed by atoms with Crippen molar-refractivity contribution in [1.29, 1.82) is 0 Å². The van der Waals surface area contributed by atoms with Crippen molar-refractivity contribution < 1.29 is 23.9 Å². The highest BCUT2D eigenvalue weighted by molar-refractivity contribution is 8.02. The lowest BCUT2D eigenvalue weighted by molar-refractivity contribution is -0.174. The van der Waals surface area contributed by atoms with Crippen molar-refractivity contribution in [1.82, 2.24) is 4.90 Å². The Labute approximate surface area is 214 Å². The largest absolute Gasteiger partial charge is 0.464 e. The highest BCUT2D eigenvalue weighted by Gasteiger charge is 2.68. The smallest absolute Gasteiger partial charge is 0.338 e. The minimum Gasteiger partial charge on any atom is -0.464 e. The summed E-state index contributed by atoms with van der Waals surface area (Å²) in [6, 6.07) is 18.6. The summed E-state index contributed by atoms with van der Waals surface area (Å²) < 4.78 is 11.6. The van der Waals surface area contributed by atoms with Gasteiger partial charge in [0.05, 0.1) is 18.4 Å². The average Bonchev–Trinajstić information content (AvgIpc) is 2.88. The fourth-order valence-electron chi connectivity index (χ4n) is 4.33. The summed E-state index contributed by atoms with van der Waals surface area (Å²) in [4.78, 5) is 39.4. The Bertz CT molecular complexity index is 1030. The second-order valence-electron chi connectivity index (χ2n) is 8.85. The van der Waals surface area contributed by atoms with Gasteiger partial charge in [-0.3, -0.25) is 9.59 Å². The molecule has 0 spiro atoms. The first kappa shape index (κ1) is 25.5. The van der Waals surface area contributed by atoms with Crippen LogP contribution in [-0.4, -0.2) is 52.0 Å². The Morgan fingerprint density at radius 1 is 1.11 bits per heavy atom. The van der Waals surface area contributed by atoms with E-state index in [1.165, 1.54) is 0 Å². The number of benzene rings is 2. The lowest BCUT2D eigenvalue weighted by Gasteiger charge is -2.56. The standard InChI is InChI=1S/C26H29ClN2O5S/c1-2-3-14-33-24(32)26(28)25(16-27,17-29-20(30)15-21(29)35-26)23(31)34-22(18-10-6-4-7-11-18)19-12-8-5-9-13-19/h4-13,21-22H,2-3,14-17,28H2,1H3/t21-,25?,26?/m1/s1. The van der Waals surface area contributed by atoms with E-state index in [2.05, 4.69) is 0 Å². The summed E-state index contributed by atoms with van der Waals surface area (Å²) in [6.45, 7) is 2.06. The molecule has 2 aromatic carbocycles. The summed E-state index contributed by atoms with van der Waals surface area (Å²) in [5.41, 5.74) is 6.54. The van der Waals surface area contributed by atoms with Gasteiger partial charge < -0.3 is 20.1 Å².